The van der Waals surface area contributed by atoms with E-state index < -0.39 is 5.97 Å². The van der Waals surface area contributed by atoms with Crippen molar-refractivity contribution in [1.29, 1.82) is 0 Å². The van der Waals surface area contributed by atoms with Crippen LogP contribution in [0.5, 0.6) is 0 Å². The van der Waals surface area contributed by atoms with Crippen molar-refractivity contribution < 1.29 is 9.90 Å². The van der Waals surface area contributed by atoms with Gasteiger partial charge in [-0.25, -0.2) is 0 Å². The summed E-state index contributed by atoms with van der Waals surface area (Å²) in [6, 6.07) is 0. The van der Waals surface area contributed by atoms with Crippen LogP contribution in [-0.2, 0) is 4.79 Å². The molecule has 2 unspecified atom stereocenters. The van der Waals surface area contributed by atoms with E-state index in [1.54, 1.807) is 0 Å². The molecule has 2 heteroatoms. The van der Waals surface area contributed by atoms with Gasteiger partial charge in [0.25, 0.3) is 0 Å². The van der Waals surface area contributed by atoms with Crippen molar-refractivity contribution in [2.75, 3.05) is 0 Å². The van der Waals surface area contributed by atoms with Gasteiger partial charge in [-0.05, 0) is 56.8 Å². The van der Waals surface area contributed by atoms with Crippen LogP contribution in [0.1, 0.15) is 117 Å². The third kappa shape index (κ3) is 11.0. The van der Waals surface area contributed by atoms with Crippen LogP contribution in [0.25, 0.3) is 0 Å². The van der Waals surface area contributed by atoms with E-state index in [-0.39, 0.29) is 5.92 Å². The summed E-state index contributed by atoms with van der Waals surface area (Å²) in [5, 5.41) is 9.55. The smallest absolute Gasteiger partial charge is 0.306 e. The molecule has 0 spiro atoms. The van der Waals surface area contributed by atoms with Gasteiger partial charge in [-0.1, -0.05) is 83.8 Å². The molecule has 1 aliphatic carbocycles. The summed E-state index contributed by atoms with van der Waals surface area (Å²) in [5.74, 6) is 0.487. The molecule has 0 aromatic heterocycles. The summed E-state index contributed by atoms with van der Waals surface area (Å²) in [6.07, 6.45) is 24.6. The molecule has 2 nitrogen and oxygen atoms in total. The molecule has 0 amide bonds. The van der Waals surface area contributed by atoms with Gasteiger partial charge in [0.15, 0.2) is 0 Å². The predicted molar refractivity (Wildman–Crippen MR) is 112 cm³/mol. The van der Waals surface area contributed by atoms with Gasteiger partial charge in [-0.15, -0.1) is 0 Å². The first-order valence-electron chi connectivity index (χ1n) is 11.6. The number of rotatable bonds is 18. The van der Waals surface area contributed by atoms with E-state index >= 15 is 0 Å². The van der Waals surface area contributed by atoms with Gasteiger partial charge in [-0.3, -0.25) is 4.79 Å². The normalized spacial score (nSPS) is 16.8. The minimum Gasteiger partial charge on any atom is -0.481 e. The first-order chi connectivity index (χ1) is 12.7. The van der Waals surface area contributed by atoms with Gasteiger partial charge in [0.1, 0.15) is 0 Å². The van der Waals surface area contributed by atoms with E-state index in [2.05, 4.69) is 26.0 Å². The highest BCUT2D eigenvalue weighted by Crippen LogP contribution is 2.43. The largest absolute Gasteiger partial charge is 0.481 e. The molecule has 0 saturated heterocycles. The number of hydrogen-bond donors (Lipinski definition) is 1. The first-order valence-corrected chi connectivity index (χ1v) is 11.6. The highest BCUT2D eigenvalue weighted by Gasteiger charge is 2.38. The Labute approximate surface area is 162 Å². The third-order valence-electron chi connectivity index (χ3n) is 6.06. The number of carbonyl (C=O) groups is 1. The second-order valence-electron chi connectivity index (χ2n) is 8.37. The number of aliphatic carboxylic acids is 1. The lowest BCUT2D eigenvalue weighted by Crippen LogP contribution is -2.24. The van der Waals surface area contributed by atoms with Crippen molar-refractivity contribution in [3.8, 4) is 0 Å². The fourth-order valence-electron chi connectivity index (χ4n) is 4.25. The standard InChI is InChI=1S/C24H44O2/c1-3-5-6-7-8-9-10-11-12-13-14-15-16-17-18-23(24(25)26)22(4-2)21-19-20-21/h11-12,21-23H,3-10,13-20H2,1-2H3,(H,25,26)/b12-11-. The minimum atomic E-state index is -0.554. The molecule has 0 heterocycles. The van der Waals surface area contributed by atoms with E-state index in [9.17, 15) is 9.90 Å². The fraction of sp³-hybridized carbons (Fsp3) is 0.875. The molecule has 0 aromatic carbocycles. The van der Waals surface area contributed by atoms with Crippen molar-refractivity contribution in [3.05, 3.63) is 12.2 Å². The van der Waals surface area contributed by atoms with Crippen LogP contribution < -0.4 is 0 Å². The van der Waals surface area contributed by atoms with Crippen LogP contribution in [0.3, 0.4) is 0 Å². The fourth-order valence-corrected chi connectivity index (χ4v) is 4.25. The molecule has 0 bridgehead atoms. The molecule has 152 valence electrons. The lowest BCUT2D eigenvalue weighted by molar-refractivity contribution is -0.144. The quantitative estimate of drug-likeness (QED) is 0.199. The average Bonchev–Trinajstić information content (AvgIpc) is 3.45. The van der Waals surface area contributed by atoms with Crippen molar-refractivity contribution in [3.63, 3.8) is 0 Å². The second kappa shape index (κ2) is 15.3. The number of allylic oxidation sites excluding steroid dienone is 2. The Morgan fingerprint density at radius 1 is 0.885 bits per heavy atom. The van der Waals surface area contributed by atoms with Crippen molar-refractivity contribution in [2.45, 2.75) is 117 Å². The first kappa shape index (κ1) is 23.2. The molecule has 0 radical (unpaired) electrons. The predicted octanol–water partition coefficient (Wildman–Crippen LogP) is 7.77. The summed E-state index contributed by atoms with van der Waals surface area (Å²) in [6.45, 7) is 4.43. The zero-order chi connectivity index (χ0) is 19.0. The molecular formula is C24H44O2. The highest BCUT2D eigenvalue weighted by molar-refractivity contribution is 5.70. The lowest BCUT2D eigenvalue weighted by atomic mass is 9.82. The number of carboxylic acid groups (broad SMARTS) is 1. The summed E-state index contributed by atoms with van der Waals surface area (Å²) in [5.41, 5.74) is 0. The molecule has 26 heavy (non-hydrogen) atoms. The monoisotopic (exact) mass is 364 g/mol. The van der Waals surface area contributed by atoms with E-state index in [1.165, 1.54) is 83.5 Å². The van der Waals surface area contributed by atoms with Gasteiger partial charge in [0.2, 0.25) is 0 Å². The van der Waals surface area contributed by atoms with Crippen LogP contribution in [-0.4, -0.2) is 11.1 Å². The molecule has 1 rings (SSSR count). The maximum absolute atomic E-state index is 11.6. The SMILES string of the molecule is CCCCCCCC/C=C\CCCCCCC(C(=O)O)C(CC)C1CC1. The summed E-state index contributed by atoms with van der Waals surface area (Å²) in [7, 11) is 0. The van der Waals surface area contributed by atoms with Gasteiger partial charge in [0.05, 0.1) is 5.92 Å². The van der Waals surface area contributed by atoms with Crippen LogP contribution in [0.2, 0.25) is 0 Å². The maximum Gasteiger partial charge on any atom is 0.306 e. The van der Waals surface area contributed by atoms with Crippen LogP contribution in [0, 0.1) is 17.8 Å². The Hall–Kier alpha value is -0.790. The Bertz CT molecular complexity index is 370. The maximum atomic E-state index is 11.6. The molecule has 1 aliphatic rings. The topological polar surface area (TPSA) is 37.3 Å². The summed E-state index contributed by atoms with van der Waals surface area (Å²) >= 11 is 0. The summed E-state index contributed by atoms with van der Waals surface area (Å²) < 4.78 is 0. The van der Waals surface area contributed by atoms with Crippen LogP contribution in [0.4, 0.5) is 0 Å². The number of hydrogen-bond acceptors (Lipinski definition) is 1. The molecule has 0 aliphatic heterocycles. The van der Waals surface area contributed by atoms with E-state index in [0.717, 1.165) is 19.3 Å². The lowest BCUT2D eigenvalue weighted by Gasteiger charge is -2.22. The van der Waals surface area contributed by atoms with Crippen molar-refractivity contribution in [1.82, 2.24) is 0 Å². The van der Waals surface area contributed by atoms with Crippen molar-refractivity contribution in [2.24, 2.45) is 17.8 Å². The van der Waals surface area contributed by atoms with E-state index in [0.29, 0.717) is 11.8 Å². The second-order valence-corrected chi connectivity index (χ2v) is 8.37. The molecule has 2 atom stereocenters. The average molecular weight is 365 g/mol. The zero-order valence-corrected chi connectivity index (χ0v) is 17.6. The molecule has 1 saturated carbocycles. The van der Waals surface area contributed by atoms with Gasteiger partial charge in [-0.2, -0.15) is 0 Å². The number of unbranched alkanes of at least 4 members (excludes halogenated alkanes) is 10. The summed E-state index contributed by atoms with van der Waals surface area (Å²) in [4.78, 5) is 11.6. The minimum absolute atomic E-state index is 0.0928. The van der Waals surface area contributed by atoms with Gasteiger partial charge < -0.3 is 5.11 Å². The Morgan fingerprint density at radius 3 is 1.92 bits per heavy atom. The Balaban J connectivity index is 1.96. The van der Waals surface area contributed by atoms with E-state index in [1.807, 2.05) is 0 Å². The van der Waals surface area contributed by atoms with E-state index in [4.69, 9.17) is 0 Å². The number of carboxylic acids is 1. The van der Waals surface area contributed by atoms with Gasteiger partial charge in [0, 0.05) is 0 Å². The molecule has 1 fully saturated rings. The molecule has 0 aromatic rings. The van der Waals surface area contributed by atoms with Crippen LogP contribution in [0.15, 0.2) is 12.2 Å². The Morgan fingerprint density at radius 2 is 1.42 bits per heavy atom. The van der Waals surface area contributed by atoms with Crippen LogP contribution >= 0.6 is 0 Å². The molecule has 1 N–H and O–H groups in total. The van der Waals surface area contributed by atoms with Gasteiger partial charge >= 0.3 is 5.97 Å². The third-order valence-corrected chi connectivity index (χ3v) is 6.06. The highest BCUT2D eigenvalue weighted by atomic mass is 16.4. The van der Waals surface area contributed by atoms with Crippen molar-refractivity contribution >= 4 is 5.97 Å². The zero-order valence-electron chi connectivity index (χ0n) is 17.6. The molecular weight excluding hydrogens is 320 g/mol. The Kier molecular flexibility index (Phi) is 13.7.